The molecule has 1 aromatic rings. The van der Waals surface area contributed by atoms with Gasteiger partial charge in [-0.3, -0.25) is 4.90 Å². The van der Waals surface area contributed by atoms with Crippen LogP contribution in [-0.2, 0) is 6.54 Å². The highest BCUT2D eigenvalue weighted by Gasteiger charge is 2.16. The summed E-state index contributed by atoms with van der Waals surface area (Å²) in [5, 5.41) is 10.00. The van der Waals surface area contributed by atoms with E-state index in [-0.39, 0.29) is 0 Å². The second-order valence-corrected chi connectivity index (χ2v) is 2.89. The zero-order valence-corrected chi connectivity index (χ0v) is 7.49. The third-order valence-corrected chi connectivity index (χ3v) is 1.80. The van der Waals surface area contributed by atoms with E-state index in [4.69, 9.17) is 12.3 Å². The maximum Gasteiger partial charge on any atom is 0.0601 e. The first-order valence-electron chi connectivity index (χ1n) is 8.75. The summed E-state index contributed by atoms with van der Waals surface area (Å²) in [6, 6.07) is 8.10. The van der Waals surface area contributed by atoms with Gasteiger partial charge in [-0.15, -0.1) is 0 Å². The number of hydrogen-bond donors (Lipinski definition) is 1. The molecule has 2 heteroatoms. The molecule has 0 aliphatic carbocycles. The van der Waals surface area contributed by atoms with Crippen LogP contribution in [0, 0.1) is 0 Å². The van der Waals surface area contributed by atoms with Gasteiger partial charge in [0.05, 0.1) is 7.45 Å². The maximum atomic E-state index is 10.00. The van der Waals surface area contributed by atoms with Crippen molar-refractivity contribution in [1.29, 1.82) is 0 Å². The van der Waals surface area contributed by atoms with Crippen LogP contribution in [0.3, 0.4) is 0 Å². The van der Waals surface area contributed by atoms with Crippen molar-refractivity contribution < 1.29 is 17.4 Å². The lowest BCUT2D eigenvalue weighted by molar-refractivity contribution is 0.0792. The van der Waals surface area contributed by atoms with Gasteiger partial charge in [-0.2, -0.15) is 0 Å². The number of rotatable bonds is 2. The smallest absolute Gasteiger partial charge is 0.0601 e. The molecule has 1 fully saturated rings. The van der Waals surface area contributed by atoms with Gasteiger partial charge >= 0.3 is 0 Å². The molecule has 1 aliphatic heterocycles. The standard InChI is InChI=1S/C12H17NO/c14-12-6-8-13(9-7-12)10-11-4-2-1-3-5-11/h1-5,12,14H,6-10H2/i6D2,7D2,8D2,9D2,12D. The van der Waals surface area contributed by atoms with Crippen LogP contribution in [0.1, 0.15) is 30.6 Å². The van der Waals surface area contributed by atoms with E-state index < -0.39 is 38.4 Å². The van der Waals surface area contributed by atoms with Crippen molar-refractivity contribution >= 4 is 0 Å². The monoisotopic (exact) mass is 200 g/mol. The largest absolute Gasteiger partial charge is 0.393 e. The van der Waals surface area contributed by atoms with E-state index >= 15 is 0 Å². The minimum absolute atomic E-state index is 0.387. The first-order valence-corrected chi connectivity index (χ1v) is 4.25. The van der Waals surface area contributed by atoms with Crippen molar-refractivity contribution in [3.63, 3.8) is 0 Å². The Bertz CT molecular complexity index is 557. The van der Waals surface area contributed by atoms with Gasteiger partial charge < -0.3 is 5.11 Å². The molecule has 2 rings (SSSR count). The van der Waals surface area contributed by atoms with Crippen molar-refractivity contribution in [3.8, 4) is 0 Å². The molecule has 0 radical (unpaired) electrons. The fourth-order valence-electron chi connectivity index (χ4n) is 1.15. The molecule has 1 aliphatic rings. The quantitative estimate of drug-likeness (QED) is 0.784. The topological polar surface area (TPSA) is 23.5 Å². The van der Waals surface area contributed by atoms with Crippen molar-refractivity contribution in [2.24, 2.45) is 0 Å². The Labute approximate surface area is 97.8 Å². The molecule has 0 saturated carbocycles. The molecule has 0 atom stereocenters. The Morgan fingerprint density at radius 2 is 2.00 bits per heavy atom. The average molecular weight is 200 g/mol. The van der Waals surface area contributed by atoms with Crippen LogP contribution in [0.2, 0.25) is 0 Å². The summed E-state index contributed by atoms with van der Waals surface area (Å²) >= 11 is 0. The number of likely N-dealkylation sites (tertiary alicyclic amines) is 1. The van der Waals surface area contributed by atoms with Crippen LogP contribution in [0.25, 0.3) is 0 Å². The molecule has 0 unspecified atom stereocenters. The van der Waals surface area contributed by atoms with Gasteiger partial charge in [0.2, 0.25) is 0 Å². The average Bonchev–Trinajstić information content (AvgIpc) is 2.43. The SMILES string of the molecule is [2H]C1([2H])N(Cc2ccccc2)C([2H])([2H])C([2H])([2H])C([2H])(O)C1([2H])[2H]. The lowest BCUT2D eigenvalue weighted by Crippen LogP contribution is -2.35. The third kappa shape index (κ3) is 2.56. The molecular weight excluding hydrogens is 174 g/mol. The normalized spacial score (nSPS) is 45.9. The summed E-state index contributed by atoms with van der Waals surface area (Å²) in [4.78, 5) is 0.387. The molecule has 0 spiro atoms. The number of aliphatic hydroxyl groups is 1. The first kappa shape index (κ1) is 3.62. The van der Waals surface area contributed by atoms with Gasteiger partial charge in [0.15, 0.2) is 0 Å². The van der Waals surface area contributed by atoms with E-state index in [0.29, 0.717) is 10.5 Å². The van der Waals surface area contributed by atoms with Gasteiger partial charge in [0.25, 0.3) is 0 Å². The van der Waals surface area contributed by atoms with Crippen molar-refractivity contribution in [2.45, 2.75) is 25.4 Å². The van der Waals surface area contributed by atoms with Crippen LogP contribution in [0.5, 0.6) is 0 Å². The minimum Gasteiger partial charge on any atom is -0.393 e. The highest BCUT2D eigenvalue weighted by molar-refractivity contribution is 5.14. The van der Waals surface area contributed by atoms with Crippen molar-refractivity contribution in [1.82, 2.24) is 4.90 Å². The number of benzene rings is 1. The maximum absolute atomic E-state index is 10.00. The van der Waals surface area contributed by atoms with E-state index in [1.807, 2.05) is 0 Å². The van der Waals surface area contributed by atoms with Crippen LogP contribution in [0.4, 0.5) is 0 Å². The molecule has 1 heterocycles. The first-order chi connectivity index (χ1) is 10.2. The fourth-order valence-corrected chi connectivity index (χ4v) is 1.15. The molecule has 1 N–H and O–H groups in total. The van der Waals surface area contributed by atoms with E-state index in [0.717, 1.165) is 0 Å². The second kappa shape index (κ2) is 4.58. The lowest BCUT2D eigenvalue weighted by atomic mass is 10.1. The molecule has 2 nitrogen and oxygen atoms in total. The molecule has 1 saturated heterocycles. The van der Waals surface area contributed by atoms with Crippen LogP contribution in [-0.4, -0.2) is 29.1 Å². The second-order valence-electron chi connectivity index (χ2n) is 2.89. The van der Waals surface area contributed by atoms with Gasteiger partial charge in [-0.25, -0.2) is 0 Å². The third-order valence-electron chi connectivity index (χ3n) is 1.80. The van der Waals surface area contributed by atoms with Crippen molar-refractivity contribution in [3.05, 3.63) is 35.9 Å². The summed E-state index contributed by atoms with van der Waals surface area (Å²) in [6.07, 6.45) is -10.4. The van der Waals surface area contributed by atoms with Gasteiger partial charge in [-0.1, -0.05) is 30.3 Å². The van der Waals surface area contributed by atoms with E-state index in [1.54, 1.807) is 30.3 Å². The summed E-state index contributed by atoms with van der Waals surface area (Å²) in [5.74, 6) is 0. The Balaban J connectivity index is 2.60. The predicted octanol–water partition coefficient (Wildman–Crippen LogP) is 1.64. The summed E-state index contributed by atoms with van der Waals surface area (Å²) < 4.78 is 70.5. The summed E-state index contributed by atoms with van der Waals surface area (Å²) in [5.41, 5.74) is 0.447. The summed E-state index contributed by atoms with van der Waals surface area (Å²) in [6.45, 7) is -6.65. The molecule has 1 aromatic carbocycles. The number of nitrogens with zero attached hydrogens (tertiary/aromatic N) is 1. The molecule has 0 aromatic heterocycles. The van der Waals surface area contributed by atoms with Crippen molar-refractivity contribution in [2.75, 3.05) is 13.0 Å². The van der Waals surface area contributed by atoms with Crippen LogP contribution < -0.4 is 0 Å². The molecule has 0 bridgehead atoms. The molecular formula is C12H17NO. The zero-order chi connectivity index (χ0) is 17.9. The summed E-state index contributed by atoms with van der Waals surface area (Å²) in [7, 11) is 0. The van der Waals surface area contributed by atoms with Gasteiger partial charge in [-0.05, 0) is 18.3 Å². The van der Waals surface area contributed by atoms with Gasteiger partial charge in [0.1, 0.15) is 0 Å². The number of piperidine rings is 1. The molecule has 0 amide bonds. The Morgan fingerprint density at radius 3 is 2.64 bits per heavy atom. The van der Waals surface area contributed by atoms with E-state index in [1.165, 1.54) is 0 Å². The molecule has 76 valence electrons. The van der Waals surface area contributed by atoms with E-state index in [2.05, 4.69) is 0 Å². The lowest BCUT2D eigenvalue weighted by Gasteiger charge is -2.29. The Morgan fingerprint density at radius 1 is 1.36 bits per heavy atom. The predicted molar refractivity (Wildman–Crippen MR) is 57.0 cm³/mol. The number of hydrogen-bond acceptors (Lipinski definition) is 2. The minimum atomic E-state index is -3.61. The van der Waals surface area contributed by atoms with Gasteiger partial charge in [0, 0.05) is 30.5 Å². The highest BCUT2D eigenvalue weighted by atomic mass is 16.3. The fraction of sp³-hybridized carbons (Fsp3) is 0.500. The zero-order valence-electron chi connectivity index (χ0n) is 16.5. The van der Waals surface area contributed by atoms with Crippen LogP contribution in [0.15, 0.2) is 30.3 Å². The Kier molecular flexibility index (Phi) is 1.18. The van der Waals surface area contributed by atoms with Crippen LogP contribution >= 0.6 is 0 Å². The van der Waals surface area contributed by atoms with E-state index in [9.17, 15) is 5.11 Å². The Hall–Kier alpha value is -0.860. The highest BCUT2D eigenvalue weighted by Crippen LogP contribution is 2.13. The molecule has 14 heavy (non-hydrogen) atoms.